The monoisotopic (exact) mass is 230 g/mol. The molecule has 2 aromatic rings. The number of carbonyl (C=O) groups excluding carboxylic acids is 1. The molecule has 0 saturated heterocycles. The number of rotatable bonds is 4. The Labute approximate surface area is 98.9 Å². The third-order valence-corrected chi connectivity index (χ3v) is 2.92. The van der Waals surface area contributed by atoms with Crippen molar-refractivity contribution in [3.63, 3.8) is 0 Å². The summed E-state index contributed by atoms with van der Waals surface area (Å²) in [4.78, 5) is 19.0. The van der Waals surface area contributed by atoms with Crippen molar-refractivity contribution in [3.8, 4) is 0 Å². The van der Waals surface area contributed by atoms with Gasteiger partial charge in [0.2, 0.25) is 0 Å². The van der Waals surface area contributed by atoms with E-state index in [0.717, 1.165) is 11.5 Å². The minimum atomic E-state index is -0.0432. The summed E-state index contributed by atoms with van der Waals surface area (Å²) in [5, 5.41) is 2.86. The Bertz CT molecular complexity index is 510. The molecule has 0 atom stereocenters. The molecule has 0 bridgehead atoms. The highest BCUT2D eigenvalue weighted by Crippen LogP contribution is 2.35. The quantitative estimate of drug-likeness (QED) is 0.835. The van der Waals surface area contributed by atoms with E-state index in [-0.39, 0.29) is 5.91 Å². The van der Waals surface area contributed by atoms with E-state index in [1.165, 1.54) is 12.8 Å². The van der Waals surface area contributed by atoms with Gasteiger partial charge in [-0.15, -0.1) is 0 Å². The molecule has 88 valence electrons. The molecule has 0 spiro atoms. The number of carbonyl (C=O) groups is 1. The minimum absolute atomic E-state index is 0.0432. The fourth-order valence-electron chi connectivity index (χ4n) is 1.91. The predicted octanol–water partition coefficient (Wildman–Crippen LogP) is 1.48. The van der Waals surface area contributed by atoms with Crippen LogP contribution in [0.4, 0.5) is 0 Å². The van der Waals surface area contributed by atoms with E-state index in [1.54, 1.807) is 12.4 Å². The number of aromatic nitrogens is 3. The number of nitrogens with zero attached hydrogens (tertiary/aromatic N) is 2. The summed E-state index contributed by atoms with van der Waals surface area (Å²) in [6, 6.07) is 4.30. The topological polar surface area (TPSA) is 62.7 Å². The van der Waals surface area contributed by atoms with E-state index in [1.807, 2.05) is 18.3 Å². The van der Waals surface area contributed by atoms with Crippen LogP contribution in [0.25, 0.3) is 0 Å². The van der Waals surface area contributed by atoms with Crippen LogP contribution in [0.1, 0.15) is 35.2 Å². The van der Waals surface area contributed by atoms with Crippen LogP contribution in [0, 0.1) is 0 Å². The molecule has 17 heavy (non-hydrogen) atoms. The summed E-state index contributed by atoms with van der Waals surface area (Å²) in [6.45, 7) is 0.432. The lowest BCUT2D eigenvalue weighted by Crippen LogP contribution is -2.25. The molecule has 1 aliphatic carbocycles. The first-order valence-corrected chi connectivity index (χ1v) is 5.78. The van der Waals surface area contributed by atoms with Crippen molar-refractivity contribution < 1.29 is 4.79 Å². The Morgan fingerprint density at radius 1 is 1.59 bits per heavy atom. The Morgan fingerprint density at radius 3 is 3.18 bits per heavy atom. The summed E-state index contributed by atoms with van der Waals surface area (Å²) < 4.78 is 2.05. The van der Waals surface area contributed by atoms with Crippen molar-refractivity contribution in [1.29, 1.82) is 0 Å². The predicted molar refractivity (Wildman–Crippen MR) is 62.5 cm³/mol. The van der Waals surface area contributed by atoms with E-state index < -0.39 is 0 Å². The zero-order valence-electron chi connectivity index (χ0n) is 9.39. The molecule has 1 saturated carbocycles. The van der Waals surface area contributed by atoms with Crippen molar-refractivity contribution in [2.24, 2.45) is 0 Å². The van der Waals surface area contributed by atoms with E-state index >= 15 is 0 Å². The van der Waals surface area contributed by atoms with Gasteiger partial charge in [0.15, 0.2) is 0 Å². The highest BCUT2D eigenvalue weighted by Gasteiger charge is 2.26. The molecule has 0 aliphatic heterocycles. The Kier molecular flexibility index (Phi) is 2.44. The maximum Gasteiger partial charge on any atom is 0.268 e. The van der Waals surface area contributed by atoms with Crippen molar-refractivity contribution in [1.82, 2.24) is 19.9 Å². The van der Waals surface area contributed by atoms with Gasteiger partial charge >= 0.3 is 0 Å². The van der Waals surface area contributed by atoms with Crippen LogP contribution in [0.5, 0.6) is 0 Å². The lowest BCUT2D eigenvalue weighted by molar-refractivity contribution is 0.0940. The molecule has 1 amide bonds. The largest absolute Gasteiger partial charge is 0.347 e. The van der Waals surface area contributed by atoms with Gasteiger partial charge in [-0.3, -0.25) is 4.79 Å². The molecule has 0 radical (unpaired) electrons. The fraction of sp³-hybridized carbons (Fsp3) is 0.333. The second kappa shape index (κ2) is 4.08. The Hall–Kier alpha value is -2.04. The number of imidazole rings is 1. The van der Waals surface area contributed by atoms with Crippen LogP contribution in [0.2, 0.25) is 0 Å². The average Bonchev–Trinajstić information content (AvgIpc) is 2.88. The van der Waals surface area contributed by atoms with Gasteiger partial charge in [0.1, 0.15) is 11.5 Å². The van der Waals surface area contributed by atoms with Gasteiger partial charge in [0.25, 0.3) is 5.91 Å². The Balaban J connectivity index is 1.67. The van der Waals surface area contributed by atoms with Crippen LogP contribution < -0.4 is 5.32 Å². The maximum absolute atomic E-state index is 12.0. The van der Waals surface area contributed by atoms with Crippen LogP contribution >= 0.6 is 0 Å². The molecule has 5 heteroatoms. The molecular weight excluding hydrogens is 216 g/mol. The summed E-state index contributed by atoms with van der Waals surface area (Å²) in [5.41, 5.74) is 0.735. The van der Waals surface area contributed by atoms with Crippen LogP contribution in [-0.2, 0) is 6.54 Å². The zero-order valence-corrected chi connectivity index (χ0v) is 9.39. The molecule has 2 aromatic heterocycles. The summed E-state index contributed by atoms with van der Waals surface area (Å²) in [7, 11) is 0. The molecule has 0 aromatic carbocycles. The van der Waals surface area contributed by atoms with E-state index in [2.05, 4.69) is 19.9 Å². The van der Waals surface area contributed by atoms with Gasteiger partial charge in [0.05, 0.1) is 6.54 Å². The van der Waals surface area contributed by atoms with Gasteiger partial charge in [0, 0.05) is 24.6 Å². The van der Waals surface area contributed by atoms with Crippen molar-refractivity contribution in [3.05, 3.63) is 42.2 Å². The first-order valence-electron chi connectivity index (χ1n) is 5.78. The van der Waals surface area contributed by atoms with Gasteiger partial charge in [-0.05, 0) is 25.0 Å². The van der Waals surface area contributed by atoms with Crippen molar-refractivity contribution in [2.75, 3.05) is 0 Å². The van der Waals surface area contributed by atoms with E-state index in [9.17, 15) is 4.79 Å². The zero-order chi connectivity index (χ0) is 11.7. The number of H-pyrrole nitrogens is 1. The van der Waals surface area contributed by atoms with Crippen molar-refractivity contribution >= 4 is 5.91 Å². The standard InChI is InChI=1S/C12H14N4O/c17-12(15-8-11-13-5-6-14-11)10-2-1-7-16(10)9-3-4-9/h1-2,5-7,9H,3-4,8H2,(H,13,14)(H,15,17). The van der Waals surface area contributed by atoms with Crippen LogP contribution in [0.3, 0.4) is 0 Å². The molecule has 3 rings (SSSR count). The lowest BCUT2D eigenvalue weighted by Gasteiger charge is -2.07. The lowest BCUT2D eigenvalue weighted by atomic mass is 10.4. The third kappa shape index (κ3) is 2.08. The number of amides is 1. The van der Waals surface area contributed by atoms with Gasteiger partial charge in [-0.1, -0.05) is 0 Å². The number of hydrogen-bond donors (Lipinski definition) is 2. The molecule has 2 N–H and O–H groups in total. The molecule has 2 heterocycles. The molecule has 5 nitrogen and oxygen atoms in total. The SMILES string of the molecule is O=C(NCc1ncc[nH]1)c1cccn1C1CC1. The number of hydrogen-bond acceptors (Lipinski definition) is 2. The maximum atomic E-state index is 12.0. The molecule has 1 aliphatic rings. The minimum Gasteiger partial charge on any atom is -0.347 e. The molecular formula is C12H14N4O. The Morgan fingerprint density at radius 2 is 2.47 bits per heavy atom. The summed E-state index contributed by atoms with van der Waals surface area (Å²) in [5.74, 6) is 0.723. The first kappa shape index (κ1) is 10.1. The van der Waals surface area contributed by atoms with Crippen LogP contribution in [0.15, 0.2) is 30.7 Å². The van der Waals surface area contributed by atoms with Crippen LogP contribution in [-0.4, -0.2) is 20.4 Å². The average molecular weight is 230 g/mol. The van der Waals surface area contributed by atoms with Crippen molar-refractivity contribution in [2.45, 2.75) is 25.4 Å². The normalized spacial score (nSPS) is 14.8. The third-order valence-electron chi connectivity index (χ3n) is 2.92. The van der Waals surface area contributed by atoms with Gasteiger partial charge in [-0.25, -0.2) is 4.98 Å². The van der Waals surface area contributed by atoms with Gasteiger partial charge < -0.3 is 14.9 Å². The fourth-order valence-corrected chi connectivity index (χ4v) is 1.91. The second-order valence-electron chi connectivity index (χ2n) is 4.25. The molecule has 0 unspecified atom stereocenters. The summed E-state index contributed by atoms with van der Waals surface area (Å²) >= 11 is 0. The first-order chi connectivity index (χ1) is 8.34. The highest BCUT2D eigenvalue weighted by atomic mass is 16.1. The smallest absolute Gasteiger partial charge is 0.268 e. The van der Waals surface area contributed by atoms with E-state index in [0.29, 0.717) is 12.6 Å². The number of aromatic amines is 1. The molecule has 1 fully saturated rings. The number of nitrogens with one attached hydrogen (secondary N) is 2. The second-order valence-corrected chi connectivity index (χ2v) is 4.25. The van der Waals surface area contributed by atoms with E-state index in [4.69, 9.17) is 0 Å². The highest BCUT2D eigenvalue weighted by molar-refractivity contribution is 5.92. The van der Waals surface area contributed by atoms with Gasteiger partial charge in [-0.2, -0.15) is 0 Å². The summed E-state index contributed by atoms with van der Waals surface area (Å²) in [6.07, 6.45) is 7.74.